The highest BCUT2D eigenvalue weighted by molar-refractivity contribution is 5.88. The number of anilines is 1. The lowest BCUT2D eigenvalue weighted by atomic mass is 10.2. The van der Waals surface area contributed by atoms with E-state index < -0.39 is 11.8 Å². The van der Waals surface area contributed by atoms with Crippen molar-refractivity contribution in [1.82, 2.24) is 9.88 Å². The quantitative estimate of drug-likeness (QED) is 0.816. The van der Waals surface area contributed by atoms with Crippen molar-refractivity contribution in [3.05, 3.63) is 23.6 Å². The molecule has 0 radical (unpaired) electrons. The van der Waals surface area contributed by atoms with Crippen LogP contribution < -0.4 is 4.90 Å². The lowest BCUT2D eigenvalue weighted by molar-refractivity contribution is 0.0691. The minimum atomic E-state index is -1.27. The van der Waals surface area contributed by atoms with Crippen LogP contribution in [0.25, 0.3) is 0 Å². The number of carboxylic acid groups (broad SMARTS) is 1. The van der Waals surface area contributed by atoms with E-state index in [4.69, 9.17) is 5.11 Å². The number of rotatable bonds is 7. The molecule has 1 N–H and O–H groups in total. The normalized spacial score (nSPS) is 10.8. The van der Waals surface area contributed by atoms with Crippen LogP contribution in [0.3, 0.4) is 0 Å². The van der Waals surface area contributed by atoms with E-state index >= 15 is 0 Å². The van der Waals surface area contributed by atoms with Crippen LogP contribution in [0.15, 0.2) is 12.3 Å². The first-order valence-electron chi connectivity index (χ1n) is 6.24. The van der Waals surface area contributed by atoms with Gasteiger partial charge in [0.05, 0.1) is 0 Å². The highest BCUT2D eigenvalue weighted by Gasteiger charge is 2.19. The summed E-state index contributed by atoms with van der Waals surface area (Å²) in [7, 11) is 3.86. The van der Waals surface area contributed by atoms with Gasteiger partial charge in [-0.2, -0.15) is 0 Å². The van der Waals surface area contributed by atoms with Crippen molar-refractivity contribution in [2.24, 2.45) is 0 Å². The van der Waals surface area contributed by atoms with E-state index in [0.717, 1.165) is 13.0 Å². The van der Waals surface area contributed by atoms with Crippen LogP contribution in [-0.4, -0.2) is 54.7 Å². The maximum atomic E-state index is 14.1. The van der Waals surface area contributed by atoms with E-state index in [1.54, 1.807) is 4.90 Å². The molecular weight excluding hydrogens is 249 g/mol. The summed E-state index contributed by atoms with van der Waals surface area (Å²) in [6.07, 6.45) is 2.17. The summed E-state index contributed by atoms with van der Waals surface area (Å²) < 4.78 is 14.1. The fraction of sp³-hybridized carbons (Fsp3) is 0.538. The number of halogens is 1. The zero-order chi connectivity index (χ0) is 14.4. The van der Waals surface area contributed by atoms with Gasteiger partial charge in [-0.1, -0.05) is 6.92 Å². The Morgan fingerprint density at radius 3 is 2.58 bits per heavy atom. The Bertz CT molecular complexity index is 438. The second-order valence-corrected chi connectivity index (χ2v) is 4.59. The number of pyridine rings is 1. The first-order chi connectivity index (χ1) is 8.97. The molecule has 0 aromatic carbocycles. The fourth-order valence-corrected chi connectivity index (χ4v) is 1.73. The van der Waals surface area contributed by atoms with Crippen molar-refractivity contribution < 1.29 is 14.3 Å². The minimum Gasteiger partial charge on any atom is -0.478 e. The zero-order valence-corrected chi connectivity index (χ0v) is 11.6. The molecule has 1 rings (SSSR count). The summed E-state index contributed by atoms with van der Waals surface area (Å²) in [5.41, 5.74) is -0.337. The van der Waals surface area contributed by atoms with Gasteiger partial charge in [-0.05, 0) is 26.6 Å². The highest BCUT2D eigenvalue weighted by atomic mass is 19.1. The van der Waals surface area contributed by atoms with Gasteiger partial charge in [0.1, 0.15) is 5.56 Å². The van der Waals surface area contributed by atoms with Crippen LogP contribution >= 0.6 is 0 Å². The van der Waals surface area contributed by atoms with Crippen LogP contribution in [0, 0.1) is 5.82 Å². The van der Waals surface area contributed by atoms with E-state index in [0.29, 0.717) is 13.1 Å². The molecule has 19 heavy (non-hydrogen) atoms. The molecule has 0 unspecified atom stereocenters. The lowest BCUT2D eigenvalue weighted by Crippen LogP contribution is -2.33. The van der Waals surface area contributed by atoms with Gasteiger partial charge in [0.15, 0.2) is 11.6 Å². The van der Waals surface area contributed by atoms with Crippen LogP contribution in [0.1, 0.15) is 23.7 Å². The smallest absolute Gasteiger partial charge is 0.338 e. The van der Waals surface area contributed by atoms with Gasteiger partial charge in [0.25, 0.3) is 0 Å². The summed E-state index contributed by atoms with van der Waals surface area (Å²) in [5.74, 6) is -1.92. The average Bonchev–Trinajstić information content (AvgIpc) is 2.34. The molecule has 5 nitrogen and oxygen atoms in total. The van der Waals surface area contributed by atoms with Crippen LogP contribution in [0.5, 0.6) is 0 Å². The predicted octanol–water partition coefficient (Wildman–Crippen LogP) is 1.70. The molecule has 0 amide bonds. The standard InChI is InChI=1S/C13H20FN3O2/c1-4-7-17(9-8-16(2)3)12-11(14)10(13(18)19)5-6-15-12/h5-6H,4,7-9H2,1-3H3,(H,18,19). The van der Waals surface area contributed by atoms with Crippen molar-refractivity contribution >= 4 is 11.8 Å². The number of aromatic carboxylic acids is 1. The van der Waals surface area contributed by atoms with Gasteiger partial charge < -0.3 is 14.9 Å². The van der Waals surface area contributed by atoms with Crippen molar-refractivity contribution in [3.8, 4) is 0 Å². The van der Waals surface area contributed by atoms with Gasteiger partial charge in [-0.15, -0.1) is 0 Å². The second kappa shape index (κ2) is 7.04. The Balaban J connectivity index is 3.01. The van der Waals surface area contributed by atoms with Gasteiger partial charge in [-0.3, -0.25) is 0 Å². The Labute approximate surface area is 112 Å². The monoisotopic (exact) mass is 269 g/mol. The number of aromatic nitrogens is 1. The van der Waals surface area contributed by atoms with Crippen LogP contribution in [0.2, 0.25) is 0 Å². The first kappa shape index (κ1) is 15.4. The zero-order valence-electron chi connectivity index (χ0n) is 11.6. The predicted molar refractivity (Wildman–Crippen MR) is 72.2 cm³/mol. The van der Waals surface area contributed by atoms with Crippen LogP contribution in [-0.2, 0) is 0 Å². The Morgan fingerprint density at radius 2 is 2.05 bits per heavy atom. The summed E-state index contributed by atoms with van der Waals surface area (Å²) in [6, 6.07) is 1.18. The molecule has 0 saturated heterocycles. The largest absolute Gasteiger partial charge is 0.478 e. The van der Waals surface area contributed by atoms with E-state index in [1.165, 1.54) is 12.3 Å². The fourth-order valence-electron chi connectivity index (χ4n) is 1.73. The molecule has 0 bridgehead atoms. The SMILES string of the molecule is CCCN(CCN(C)C)c1nccc(C(=O)O)c1F. The number of carboxylic acids is 1. The molecule has 0 aliphatic rings. The third-order valence-electron chi connectivity index (χ3n) is 2.71. The molecule has 6 heteroatoms. The molecule has 0 aliphatic carbocycles. The Kier molecular flexibility index (Phi) is 5.69. The molecule has 0 atom stereocenters. The van der Waals surface area contributed by atoms with Gasteiger partial charge in [-0.25, -0.2) is 14.2 Å². The third-order valence-corrected chi connectivity index (χ3v) is 2.71. The van der Waals surface area contributed by atoms with Crippen LogP contribution in [0.4, 0.5) is 10.2 Å². The Morgan fingerprint density at radius 1 is 1.37 bits per heavy atom. The molecule has 0 saturated carbocycles. The molecule has 1 aromatic rings. The highest BCUT2D eigenvalue weighted by Crippen LogP contribution is 2.19. The number of hydrogen-bond donors (Lipinski definition) is 1. The molecule has 0 aliphatic heterocycles. The van der Waals surface area contributed by atoms with Crippen molar-refractivity contribution in [1.29, 1.82) is 0 Å². The number of carbonyl (C=O) groups is 1. The van der Waals surface area contributed by atoms with E-state index in [9.17, 15) is 9.18 Å². The maximum absolute atomic E-state index is 14.1. The third kappa shape index (κ3) is 4.17. The summed E-state index contributed by atoms with van der Waals surface area (Å²) in [4.78, 5) is 18.7. The second-order valence-electron chi connectivity index (χ2n) is 4.59. The molecule has 0 fully saturated rings. The summed E-state index contributed by atoms with van der Waals surface area (Å²) in [6.45, 7) is 3.98. The van der Waals surface area contributed by atoms with Crippen molar-refractivity contribution in [2.45, 2.75) is 13.3 Å². The first-order valence-corrected chi connectivity index (χ1v) is 6.24. The Hall–Kier alpha value is -1.69. The molecular formula is C13H20FN3O2. The number of nitrogens with zero attached hydrogens (tertiary/aromatic N) is 3. The van der Waals surface area contributed by atoms with Crippen molar-refractivity contribution in [3.63, 3.8) is 0 Å². The van der Waals surface area contributed by atoms with Crippen molar-refractivity contribution in [2.75, 3.05) is 38.6 Å². The molecule has 106 valence electrons. The minimum absolute atomic E-state index is 0.114. The maximum Gasteiger partial charge on any atom is 0.338 e. The summed E-state index contributed by atoms with van der Waals surface area (Å²) in [5, 5.41) is 8.93. The molecule has 1 heterocycles. The van der Waals surface area contributed by atoms with Gasteiger partial charge in [0.2, 0.25) is 0 Å². The van der Waals surface area contributed by atoms with Gasteiger partial charge in [0, 0.05) is 25.8 Å². The lowest BCUT2D eigenvalue weighted by Gasteiger charge is -2.25. The summed E-state index contributed by atoms with van der Waals surface area (Å²) >= 11 is 0. The van der Waals surface area contributed by atoms with E-state index in [2.05, 4.69) is 4.98 Å². The molecule has 0 spiro atoms. The topological polar surface area (TPSA) is 56.7 Å². The van der Waals surface area contributed by atoms with E-state index in [-0.39, 0.29) is 11.4 Å². The molecule has 1 aromatic heterocycles. The van der Waals surface area contributed by atoms with E-state index in [1.807, 2.05) is 25.9 Å². The number of hydrogen-bond acceptors (Lipinski definition) is 4. The van der Waals surface area contributed by atoms with Gasteiger partial charge >= 0.3 is 5.97 Å². The average molecular weight is 269 g/mol. The number of likely N-dealkylation sites (N-methyl/N-ethyl adjacent to an activating group) is 1.